The zero-order chi connectivity index (χ0) is 26.5. The van der Waals surface area contributed by atoms with Gasteiger partial charge in [-0.05, 0) is 106 Å². The highest BCUT2D eigenvalue weighted by atomic mass is 16.1. The fraction of sp³-hybridized carbons (Fsp3) is 0. The number of hydrogen-bond acceptors (Lipinski definition) is 5. The average Bonchev–Trinajstić information content (AvgIpc) is 2.93. The van der Waals surface area contributed by atoms with Crippen LogP contribution in [0, 0.1) is 0 Å². The third-order valence-electron chi connectivity index (χ3n) is 7.10. The lowest BCUT2D eigenvalue weighted by Crippen LogP contribution is -2.05. The third kappa shape index (κ3) is 4.24. The highest BCUT2D eigenvalue weighted by molar-refractivity contribution is 5.96. The predicted octanol–water partition coefficient (Wildman–Crippen LogP) is 7.64. The van der Waals surface area contributed by atoms with Gasteiger partial charge in [-0.3, -0.25) is 4.79 Å². The summed E-state index contributed by atoms with van der Waals surface area (Å²) in [4.78, 5) is 16.9. The molecule has 6 aromatic carbocycles. The fourth-order valence-corrected chi connectivity index (χ4v) is 5.15. The molecule has 0 aliphatic heterocycles. The van der Waals surface area contributed by atoms with Crippen LogP contribution < -0.4 is 27.5 Å². The number of aromatic nitrogens is 1. The normalized spacial score (nSPS) is 11.4. The fourth-order valence-electron chi connectivity index (χ4n) is 5.15. The van der Waals surface area contributed by atoms with Gasteiger partial charge in [0.2, 0.25) is 0 Å². The third-order valence-corrected chi connectivity index (χ3v) is 7.10. The van der Waals surface area contributed by atoms with Crippen molar-refractivity contribution in [2.45, 2.75) is 0 Å². The first-order chi connectivity index (χ1) is 19.0. The van der Waals surface area contributed by atoms with E-state index < -0.39 is 0 Å². The first-order valence-electron chi connectivity index (χ1n) is 12.7. The molecule has 0 fully saturated rings. The minimum Gasteiger partial charge on any atom is -0.399 e. The van der Waals surface area contributed by atoms with E-state index in [1.165, 1.54) is 0 Å². The Bertz CT molecular complexity index is 2130. The van der Waals surface area contributed by atoms with Crippen LogP contribution in [0.25, 0.3) is 43.4 Å². The van der Waals surface area contributed by atoms with Gasteiger partial charge in [0, 0.05) is 50.4 Å². The van der Waals surface area contributed by atoms with Crippen LogP contribution in [0.4, 0.5) is 34.1 Å². The number of nitrogens with two attached hydrogens (primary N) is 2. The second-order valence-electron chi connectivity index (χ2n) is 9.87. The summed E-state index contributed by atoms with van der Waals surface area (Å²) in [6.07, 6.45) is 0. The molecule has 0 saturated carbocycles. The molecule has 6 heteroatoms. The molecule has 0 saturated heterocycles. The number of anilines is 6. The van der Waals surface area contributed by atoms with Crippen LogP contribution in [-0.2, 0) is 0 Å². The lowest BCUT2D eigenvalue weighted by atomic mass is 10.1. The number of hydrogen-bond donors (Lipinski definition) is 5. The maximum Gasteiger partial charge on any atom is 0.197 e. The zero-order valence-corrected chi connectivity index (χ0v) is 21.0. The minimum atomic E-state index is -0.00812. The molecule has 0 unspecified atom stereocenters. The van der Waals surface area contributed by atoms with E-state index >= 15 is 0 Å². The molecule has 0 aliphatic carbocycles. The second-order valence-corrected chi connectivity index (χ2v) is 9.87. The lowest BCUT2D eigenvalue weighted by molar-refractivity contribution is 1.46. The molecular weight excluding hydrogens is 482 g/mol. The van der Waals surface area contributed by atoms with Crippen molar-refractivity contribution in [3.05, 3.63) is 119 Å². The topological polar surface area (TPSA) is 109 Å². The number of nitrogen functional groups attached to an aromatic ring is 2. The van der Waals surface area contributed by atoms with Crippen molar-refractivity contribution in [2.24, 2.45) is 0 Å². The van der Waals surface area contributed by atoms with Crippen LogP contribution in [0.5, 0.6) is 0 Å². The molecule has 0 spiro atoms. The molecule has 0 bridgehead atoms. The summed E-state index contributed by atoms with van der Waals surface area (Å²) in [6.45, 7) is 0. The van der Waals surface area contributed by atoms with E-state index in [1.54, 1.807) is 0 Å². The summed E-state index contributed by atoms with van der Waals surface area (Å²) in [5.41, 5.74) is 18.5. The molecule has 39 heavy (non-hydrogen) atoms. The van der Waals surface area contributed by atoms with Crippen LogP contribution in [0.2, 0.25) is 0 Å². The lowest BCUT2D eigenvalue weighted by Gasteiger charge is -2.11. The van der Waals surface area contributed by atoms with Crippen molar-refractivity contribution in [3.63, 3.8) is 0 Å². The van der Waals surface area contributed by atoms with Gasteiger partial charge in [0.1, 0.15) is 0 Å². The molecule has 188 valence electrons. The smallest absolute Gasteiger partial charge is 0.197 e. The van der Waals surface area contributed by atoms with Crippen LogP contribution >= 0.6 is 0 Å². The summed E-state index contributed by atoms with van der Waals surface area (Å²) in [5, 5.41) is 12.5. The van der Waals surface area contributed by atoms with E-state index in [1.807, 2.05) is 97.1 Å². The molecule has 1 heterocycles. The van der Waals surface area contributed by atoms with Crippen molar-refractivity contribution >= 4 is 77.5 Å². The van der Waals surface area contributed by atoms with Gasteiger partial charge in [-0.2, -0.15) is 0 Å². The van der Waals surface area contributed by atoms with Gasteiger partial charge in [0.15, 0.2) is 5.43 Å². The Hall–Kier alpha value is -5.49. The van der Waals surface area contributed by atoms with Gasteiger partial charge < -0.3 is 27.1 Å². The Morgan fingerprint density at radius 2 is 0.949 bits per heavy atom. The number of pyridine rings is 1. The molecule has 7 rings (SSSR count). The van der Waals surface area contributed by atoms with Crippen molar-refractivity contribution in [3.8, 4) is 0 Å². The van der Waals surface area contributed by atoms with Gasteiger partial charge >= 0.3 is 0 Å². The van der Waals surface area contributed by atoms with Gasteiger partial charge in [0.25, 0.3) is 0 Å². The summed E-state index contributed by atoms with van der Waals surface area (Å²) in [7, 11) is 0. The molecule has 0 aliphatic rings. The van der Waals surface area contributed by atoms with E-state index in [9.17, 15) is 4.79 Å². The number of aromatic amines is 1. The van der Waals surface area contributed by atoms with Crippen LogP contribution in [-0.4, -0.2) is 4.98 Å². The summed E-state index contributed by atoms with van der Waals surface area (Å²) in [6, 6.07) is 35.6. The van der Waals surface area contributed by atoms with Crippen molar-refractivity contribution < 1.29 is 0 Å². The van der Waals surface area contributed by atoms with Crippen molar-refractivity contribution in [1.82, 2.24) is 4.98 Å². The Labute approximate surface area is 223 Å². The molecule has 0 atom stereocenters. The predicted molar refractivity (Wildman–Crippen MR) is 165 cm³/mol. The molecular formula is C33H25N5O. The highest BCUT2D eigenvalue weighted by Gasteiger charge is 2.09. The Kier molecular flexibility index (Phi) is 5.13. The maximum atomic E-state index is 13.5. The molecule has 6 nitrogen and oxygen atoms in total. The molecule has 7 aromatic rings. The molecule has 0 radical (unpaired) electrons. The number of rotatable bonds is 4. The SMILES string of the molecule is Nc1ccc2cc(Nc3ccc4c(=O)c5cc(Nc6ccc7cc(N)ccc7c6)ccc5[nH]c4c3)ccc2c1. The van der Waals surface area contributed by atoms with Gasteiger partial charge in [-0.15, -0.1) is 0 Å². The number of fused-ring (bicyclic) bond motifs is 4. The quantitative estimate of drug-likeness (QED) is 0.124. The molecule has 1 aromatic heterocycles. The first-order valence-corrected chi connectivity index (χ1v) is 12.7. The summed E-state index contributed by atoms with van der Waals surface area (Å²) in [5.74, 6) is 0. The largest absolute Gasteiger partial charge is 0.399 e. The highest BCUT2D eigenvalue weighted by Crippen LogP contribution is 2.28. The van der Waals surface area contributed by atoms with E-state index in [2.05, 4.69) is 27.8 Å². The van der Waals surface area contributed by atoms with Gasteiger partial charge in [0.05, 0.1) is 5.52 Å². The number of H-pyrrole nitrogens is 1. The van der Waals surface area contributed by atoms with Crippen molar-refractivity contribution in [1.29, 1.82) is 0 Å². The minimum absolute atomic E-state index is 0.00812. The molecule has 0 amide bonds. The van der Waals surface area contributed by atoms with Gasteiger partial charge in [-0.1, -0.05) is 24.3 Å². The van der Waals surface area contributed by atoms with Crippen LogP contribution in [0.1, 0.15) is 0 Å². The first kappa shape index (κ1) is 22.7. The Balaban J connectivity index is 1.20. The van der Waals surface area contributed by atoms with Crippen LogP contribution in [0.15, 0.2) is 114 Å². The average molecular weight is 508 g/mol. The van der Waals surface area contributed by atoms with Crippen molar-refractivity contribution in [2.75, 3.05) is 22.1 Å². The van der Waals surface area contributed by atoms with E-state index in [0.717, 1.165) is 66.7 Å². The monoisotopic (exact) mass is 507 g/mol. The zero-order valence-electron chi connectivity index (χ0n) is 21.0. The van der Waals surface area contributed by atoms with E-state index in [0.29, 0.717) is 10.8 Å². The van der Waals surface area contributed by atoms with E-state index in [-0.39, 0.29) is 5.43 Å². The van der Waals surface area contributed by atoms with Crippen LogP contribution in [0.3, 0.4) is 0 Å². The number of nitrogens with one attached hydrogen (secondary N) is 3. The summed E-state index contributed by atoms with van der Waals surface area (Å²) < 4.78 is 0. The Morgan fingerprint density at radius 3 is 1.59 bits per heavy atom. The van der Waals surface area contributed by atoms with Gasteiger partial charge in [-0.25, -0.2) is 0 Å². The Morgan fingerprint density at radius 1 is 0.462 bits per heavy atom. The number of benzene rings is 6. The van der Waals surface area contributed by atoms with E-state index in [4.69, 9.17) is 11.5 Å². The standard InChI is InChI=1S/C33H25N5O/c34-23-5-1-21-15-25(7-3-19(21)13-23)36-27-10-12-31-30(17-27)33(39)29-11-9-28(18-32(29)38-31)37-26-8-4-20-14-24(35)6-2-22(20)16-26/h1-18,36-37H,34-35H2,(H,38,39). The summed E-state index contributed by atoms with van der Waals surface area (Å²) >= 11 is 0. The maximum absolute atomic E-state index is 13.5. The second kappa shape index (κ2) is 8.82. The molecule has 7 N–H and O–H groups in total.